The Kier molecular flexibility index (Phi) is 5.86. The van der Waals surface area contributed by atoms with Crippen LogP contribution in [0.3, 0.4) is 0 Å². The van der Waals surface area contributed by atoms with Gasteiger partial charge in [-0.25, -0.2) is 18.0 Å². The van der Waals surface area contributed by atoms with Crippen molar-refractivity contribution in [1.29, 1.82) is 0 Å². The molecule has 176 valence electrons. The first kappa shape index (κ1) is 23.0. The highest BCUT2D eigenvalue weighted by atomic mass is 19.2. The molecular formula is C23H13F5O6. The summed E-state index contributed by atoms with van der Waals surface area (Å²) in [6.07, 6.45) is 1.03. The summed E-state index contributed by atoms with van der Waals surface area (Å²) in [6, 6.07) is 5.86. The smallest absolute Gasteiger partial charge is 0.352 e. The number of ketones is 1. The number of hydrogen-bond acceptors (Lipinski definition) is 6. The summed E-state index contributed by atoms with van der Waals surface area (Å²) in [7, 11) is 0. The van der Waals surface area contributed by atoms with Gasteiger partial charge in [0.2, 0.25) is 34.9 Å². The van der Waals surface area contributed by atoms with E-state index in [0.29, 0.717) is 5.76 Å². The first-order chi connectivity index (χ1) is 16.1. The Morgan fingerprint density at radius 3 is 2.26 bits per heavy atom. The highest BCUT2D eigenvalue weighted by Gasteiger charge is 2.33. The lowest BCUT2D eigenvalue weighted by Crippen LogP contribution is -2.29. The van der Waals surface area contributed by atoms with E-state index >= 15 is 0 Å². The summed E-state index contributed by atoms with van der Waals surface area (Å²) in [6.45, 7) is 2.48. The van der Waals surface area contributed by atoms with Crippen molar-refractivity contribution < 1.29 is 50.2 Å². The van der Waals surface area contributed by atoms with Gasteiger partial charge in [-0.05, 0) is 38.1 Å². The van der Waals surface area contributed by atoms with Crippen molar-refractivity contribution in [3.63, 3.8) is 0 Å². The summed E-state index contributed by atoms with van der Waals surface area (Å²) in [4.78, 5) is 24.9. The minimum absolute atomic E-state index is 0.0282. The van der Waals surface area contributed by atoms with Crippen LogP contribution in [0.25, 0.3) is 6.08 Å². The number of benzene rings is 2. The van der Waals surface area contributed by atoms with Crippen molar-refractivity contribution >= 4 is 17.8 Å². The van der Waals surface area contributed by atoms with Crippen LogP contribution in [0.15, 0.2) is 40.7 Å². The molecule has 2 heterocycles. The Labute approximate surface area is 188 Å². The Morgan fingerprint density at radius 1 is 1.00 bits per heavy atom. The molecule has 3 aromatic rings. The first-order valence-corrected chi connectivity index (χ1v) is 9.61. The first-order valence-electron chi connectivity index (χ1n) is 9.61. The van der Waals surface area contributed by atoms with Crippen LogP contribution in [-0.4, -0.2) is 17.9 Å². The van der Waals surface area contributed by atoms with Crippen molar-refractivity contribution in [1.82, 2.24) is 0 Å². The van der Waals surface area contributed by atoms with Gasteiger partial charge in [-0.15, -0.1) is 0 Å². The predicted octanol–water partition coefficient (Wildman–Crippen LogP) is 5.27. The average molecular weight is 480 g/mol. The summed E-state index contributed by atoms with van der Waals surface area (Å²) in [5.74, 6) is -14.1. The molecule has 1 aliphatic rings. The number of rotatable bonds is 5. The van der Waals surface area contributed by atoms with Crippen LogP contribution >= 0.6 is 0 Å². The van der Waals surface area contributed by atoms with Crippen LogP contribution in [-0.2, 0) is 4.79 Å². The molecule has 1 atom stereocenters. The van der Waals surface area contributed by atoms with Gasteiger partial charge < -0.3 is 18.6 Å². The molecule has 0 bridgehead atoms. The van der Waals surface area contributed by atoms with Crippen LogP contribution < -0.4 is 14.2 Å². The molecule has 0 radical (unpaired) electrons. The van der Waals surface area contributed by atoms with E-state index in [0.717, 1.165) is 6.92 Å². The molecule has 1 aliphatic heterocycles. The van der Waals surface area contributed by atoms with E-state index < -0.39 is 52.7 Å². The average Bonchev–Trinajstić information content (AvgIpc) is 3.44. The number of esters is 1. The molecule has 1 aromatic heterocycles. The molecule has 0 aliphatic carbocycles. The van der Waals surface area contributed by atoms with Crippen LogP contribution in [0, 0.1) is 36.0 Å². The highest BCUT2D eigenvalue weighted by Crippen LogP contribution is 2.39. The third-order valence-corrected chi connectivity index (χ3v) is 4.86. The summed E-state index contributed by atoms with van der Waals surface area (Å²) < 4.78 is 88.1. The third-order valence-electron chi connectivity index (χ3n) is 4.86. The molecule has 4 rings (SSSR count). The number of furan rings is 1. The van der Waals surface area contributed by atoms with Crippen LogP contribution in [0.4, 0.5) is 22.0 Å². The molecule has 6 nitrogen and oxygen atoms in total. The molecule has 1 unspecified atom stereocenters. The van der Waals surface area contributed by atoms with Gasteiger partial charge in [0.15, 0.2) is 17.6 Å². The lowest BCUT2D eigenvalue weighted by atomic mass is 10.1. The minimum atomic E-state index is -2.36. The van der Waals surface area contributed by atoms with Gasteiger partial charge >= 0.3 is 5.97 Å². The fourth-order valence-electron chi connectivity index (χ4n) is 3.09. The fraction of sp³-hybridized carbons (Fsp3) is 0.130. The van der Waals surface area contributed by atoms with Gasteiger partial charge in [-0.3, -0.25) is 4.79 Å². The number of carbonyl (C=O) groups is 2. The summed E-state index contributed by atoms with van der Waals surface area (Å²) >= 11 is 0. The largest absolute Gasteiger partial charge is 0.473 e. The van der Waals surface area contributed by atoms with Crippen molar-refractivity contribution in [2.24, 2.45) is 0 Å². The molecule has 11 heteroatoms. The zero-order valence-corrected chi connectivity index (χ0v) is 17.4. The van der Waals surface area contributed by atoms with E-state index in [1.54, 1.807) is 12.1 Å². The summed E-state index contributed by atoms with van der Waals surface area (Å²) in [5, 5.41) is 0. The molecule has 0 saturated carbocycles. The summed E-state index contributed by atoms with van der Waals surface area (Å²) in [5.41, 5.74) is 0.436. The van der Waals surface area contributed by atoms with Gasteiger partial charge in [0, 0.05) is 11.6 Å². The molecule has 34 heavy (non-hydrogen) atoms. The quantitative estimate of drug-likeness (QED) is 0.124. The van der Waals surface area contributed by atoms with E-state index in [1.165, 1.54) is 31.4 Å². The van der Waals surface area contributed by atoms with Crippen molar-refractivity contribution in [3.05, 3.63) is 82.3 Å². The van der Waals surface area contributed by atoms with Gasteiger partial charge in [0.05, 0.1) is 11.8 Å². The minimum Gasteiger partial charge on any atom is -0.473 e. The number of allylic oxidation sites excluding steroid dienone is 1. The zero-order valence-electron chi connectivity index (χ0n) is 17.4. The van der Waals surface area contributed by atoms with E-state index in [9.17, 15) is 31.5 Å². The number of Topliss-reactive ketones (excluding diaryl/α,β-unsaturated/α-hetero) is 1. The van der Waals surface area contributed by atoms with E-state index in [1.807, 2.05) is 0 Å². The zero-order chi connectivity index (χ0) is 24.7. The second-order valence-corrected chi connectivity index (χ2v) is 7.10. The molecule has 0 spiro atoms. The van der Waals surface area contributed by atoms with Gasteiger partial charge in [0.1, 0.15) is 17.3 Å². The maximum Gasteiger partial charge on any atom is 0.352 e. The maximum atomic E-state index is 13.8. The van der Waals surface area contributed by atoms with Crippen molar-refractivity contribution in [2.45, 2.75) is 20.0 Å². The van der Waals surface area contributed by atoms with Gasteiger partial charge in [0.25, 0.3) is 0 Å². The van der Waals surface area contributed by atoms with E-state index in [-0.39, 0.29) is 28.4 Å². The topological polar surface area (TPSA) is 75.0 Å². The molecule has 0 amide bonds. The number of hydrogen-bond donors (Lipinski definition) is 0. The highest BCUT2D eigenvalue weighted by molar-refractivity contribution is 6.14. The number of carbonyl (C=O) groups excluding carboxylic acids is 2. The lowest BCUT2D eigenvalue weighted by Gasteiger charge is -2.16. The predicted molar refractivity (Wildman–Crippen MR) is 105 cm³/mol. The van der Waals surface area contributed by atoms with E-state index in [2.05, 4.69) is 4.74 Å². The van der Waals surface area contributed by atoms with Crippen LogP contribution in [0.5, 0.6) is 17.2 Å². The second kappa shape index (κ2) is 8.65. The standard InChI is InChI=1S/C23H13F5O6/c1-9-13(6-5-12-20(29)14(33-21(9)12)8-11-4-3-7-31-11)34-23(30)10(2)32-22-18(27)16(25)15(24)17(26)19(22)28/h3-8,10H,1-2H3/b14-8-. The Hall–Kier alpha value is -4.15. The molecular weight excluding hydrogens is 467 g/mol. The molecule has 0 fully saturated rings. The Balaban J connectivity index is 1.54. The number of halogens is 5. The molecule has 0 N–H and O–H groups in total. The Bertz CT molecular complexity index is 1320. The second-order valence-electron chi connectivity index (χ2n) is 7.10. The van der Waals surface area contributed by atoms with Crippen LogP contribution in [0.1, 0.15) is 28.6 Å². The molecule has 0 saturated heterocycles. The van der Waals surface area contributed by atoms with E-state index in [4.69, 9.17) is 13.9 Å². The monoisotopic (exact) mass is 480 g/mol. The number of fused-ring (bicyclic) bond motifs is 1. The third kappa shape index (κ3) is 3.89. The van der Waals surface area contributed by atoms with Crippen LogP contribution in [0.2, 0.25) is 0 Å². The van der Waals surface area contributed by atoms with Crippen molar-refractivity contribution in [2.75, 3.05) is 0 Å². The van der Waals surface area contributed by atoms with Gasteiger partial charge in [-0.2, -0.15) is 8.78 Å². The van der Waals surface area contributed by atoms with Crippen molar-refractivity contribution in [3.8, 4) is 17.2 Å². The normalized spacial score (nSPS) is 14.7. The SMILES string of the molecule is Cc1c(OC(=O)C(C)Oc2c(F)c(F)c(F)c(F)c2F)ccc2c1O/C(=C\c1ccco1)C2=O. The maximum absolute atomic E-state index is 13.8. The fourth-order valence-corrected chi connectivity index (χ4v) is 3.09. The number of ether oxygens (including phenoxy) is 3. The lowest BCUT2D eigenvalue weighted by molar-refractivity contribution is -0.141. The van der Waals surface area contributed by atoms with Gasteiger partial charge in [-0.1, -0.05) is 0 Å². The molecule has 2 aromatic carbocycles. The Morgan fingerprint density at radius 2 is 1.65 bits per heavy atom.